The summed E-state index contributed by atoms with van der Waals surface area (Å²) in [5, 5.41) is 11.0. The lowest BCUT2D eigenvalue weighted by atomic mass is 10.0. The number of benzene rings is 1. The molecule has 4 aromatic rings. The molecule has 0 saturated heterocycles. The Kier molecular flexibility index (Phi) is 3.74. The zero-order valence-electron chi connectivity index (χ0n) is 13.6. The van der Waals surface area contributed by atoms with E-state index in [1.54, 1.807) is 21.6 Å². The number of rotatable bonds is 4. The molecule has 3 aromatic heterocycles. The van der Waals surface area contributed by atoms with Crippen LogP contribution in [0.4, 0.5) is 5.69 Å². The molecular formula is C18H16N6O. The largest absolute Gasteiger partial charge is 0.323 e. The second-order valence-electron chi connectivity index (χ2n) is 5.80. The van der Waals surface area contributed by atoms with E-state index >= 15 is 0 Å². The Labute approximate surface area is 143 Å². The maximum atomic E-state index is 12.1. The van der Waals surface area contributed by atoms with Crippen LogP contribution in [-0.2, 0) is 18.3 Å². The molecular weight excluding hydrogens is 316 g/mol. The van der Waals surface area contributed by atoms with Gasteiger partial charge >= 0.3 is 0 Å². The Bertz CT molecular complexity index is 1030. The van der Waals surface area contributed by atoms with Crippen LogP contribution in [0.2, 0.25) is 0 Å². The predicted molar refractivity (Wildman–Crippen MR) is 94.0 cm³/mol. The third kappa shape index (κ3) is 3.25. The van der Waals surface area contributed by atoms with Gasteiger partial charge in [-0.1, -0.05) is 24.3 Å². The standard InChI is InChI=1S/C18H16N6O/c1-23-11-16(10-20-23)22-18(25)8-13-2-4-14(5-3-13)15-6-7-24-17(9-15)19-12-21-24/h2-7,9-12H,8H2,1H3,(H,22,25). The highest BCUT2D eigenvalue weighted by molar-refractivity contribution is 5.92. The van der Waals surface area contributed by atoms with Gasteiger partial charge in [0.15, 0.2) is 5.65 Å². The zero-order chi connectivity index (χ0) is 17.2. The van der Waals surface area contributed by atoms with Gasteiger partial charge in [-0.05, 0) is 28.8 Å². The Balaban J connectivity index is 1.46. The van der Waals surface area contributed by atoms with Gasteiger partial charge in [0.1, 0.15) is 6.33 Å². The van der Waals surface area contributed by atoms with E-state index in [1.807, 2.05) is 49.6 Å². The van der Waals surface area contributed by atoms with Gasteiger partial charge < -0.3 is 5.32 Å². The summed E-state index contributed by atoms with van der Waals surface area (Å²) in [4.78, 5) is 16.3. The van der Waals surface area contributed by atoms with Crippen LogP contribution >= 0.6 is 0 Å². The van der Waals surface area contributed by atoms with Crippen LogP contribution in [0.15, 0.2) is 61.3 Å². The summed E-state index contributed by atoms with van der Waals surface area (Å²) in [7, 11) is 1.81. The Morgan fingerprint density at radius 3 is 2.72 bits per heavy atom. The summed E-state index contributed by atoms with van der Waals surface area (Å²) in [6, 6.07) is 11.9. The molecule has 1 N–H and O–H groups in total. The van der Waals surface area contributed by atoms with Gasteiger partial charge in [-0.2, -0.15) is 10.2 Å². The van der Waals surface area contributed by atoms with E-state index < -0.39 is 0 Å². The third-order valence-electron chi connectivity index (χ3n) is 3.92. The highest BCUT2D eigenvalue weighted by Gasteiger charge is 2.06. The van der Waals surface area contributed by atoms with Crippen LogP contribution in [-0.4, -0.2) is 30.3 Å². The Morgan fingerprint density at radius 2 is 1.96 bits per heavy atom. The number of aromatic nitrogens is 5. The van der Waals surface area contributed by atoms with Crippen molar-refractivity contribution in [2.24, 2.45) is 7.05 Å². The van der Waals surface area contributed by atoms with Gasteiger partial charge in [0.2, 0.25) is 5.91 Å². The summed E-state index contributed by atoms with van der Waals surface area (Å²) in [5.74, 6) is -0.0642. The number of pyridine rings is 1. The number of hydrogen-bond donors (Lipinski definition) is 1. The average Bonchev–Trinajstić information content (AvgIpc) is 3.23. The topological polar surface area (TPSA) is 77.1 Å². The van der Waals surface area contributed by atoms with Crippen LogP contribution in [0, 0.1) is 0 Å². The van der Waals surface area contributed by atoms with Crippen molar-refractivity contribution in [2.75, 3.05) is 5.32 Å². The monoisotopic (exact) mass is 332 g/mol. The molecule has 25 heavy (non-hydrogen) atoms. The van der Waals surface area contributed by atoms with Crippen molar-refractivity contribution in [1.29, 1.82) is 0 Å². The third-order valence-corrected chi connectivity index (χ3v) is 3.92. The molecule has 0 atom stereocenters. The van der Waals surface area contributed by atoms with Gasteiger partial charge in [-0.15, -0.1) is 0 Å². The van der Waals surface area contributed by atoms with Crippen molar-refractivity contribution < 1.29 is 4.79 Å². The molecule has 1 aromatic carbocycles. The van der Waals surface area contributed by atoms with Gasteiger partial charge in [-0.3, -0.25) is 9.48 Å². The molecule has 0 unspecified atom stereocenters. The lowest BCUT2D eigenvalue weighted by molar-refractivity contribution is -0.115. The number of amides is 1. The first kappa shape index (κ1) is 15.1. The van der Waals surface area contributed by atoms with Crippen molar-refractivity contribution in [3.05, 3.63) is 66.9 Å². The maximum Gasteiger partial charge on any atom is 0.228 e. The van der Waals surface area contributed by atoms with Crippen molar-refractivity contribution in [1.82, 2.24) is 24.4 Å². The number of anilines is 1. The van der Waals surface area contributed by atoms with E-state index in [-0.39, 0.29) is 5.91 Å². The van der Waals surface area contributed by atoms with E-state index in [9.17, 15) is 4.79 Å². The molecule has 7 heteroatoms. The van der Waals surface area contributed by atoms with Crippen molar-refractivity contribution in [3.8, 4) is 11.1 Å². The lowest BCUT2D eigenvalue weighted by Gasteiger charge is -2.05. The molecule has 0 bridgehead atoms. The predicted octanol–water partition coefficient (Wildman–Crippen LogP) is 2.31. The molecule has 124 valence electrons. The fraction of sp³-hybridized carbons (Fsp3) is 0.111. The zero-order valence-corrected chi connectivity index (χ0v) is 13.6. The van der Waals surface area contributed by atoms with E-state index in [2.05, 4.69) is 20.5 Å². The Hall–Kier alpha value is -3.48. The van der Waals surface area contributed by atoms with Gasteiger partial charge in [0.25, 0.3) is 0 Å². The fourth-order valence-electron chi connectivity index (χ4n) is 2.69. The molecule has 3 heterocycles. The van der Waals surface area contributed by atoms with Crippen LogP contribution in [0.5, 0.6) is 0 Å². The summed E-state index contributed by atoms with van der Waals surface area (Å²) >= 11 is 0. The number of nitrogens with zero attached hydrogens (tertiary/aromatic N) is 5. The van der Waals surface area contributed by atoms with Crippen molar-refractivity contribution in [2.45, 2.75) is 6.42 Å². The molecule has 0 aliphatic carbocycles. The Morgan fingerprint density at radius 1 is 1.12 bits per heavy atom. The smallest absolute Gasteiger partial charge is 0.228 e. The summed E-state index contributed by atoms with van der Waals surface area (Å²) < 4.78 is 3.37. The minimum absolute atomic E-state index is 0.0642. The molecule has 1 amide bonds. The van der Waals surface area contributed by atoms with E-state index in [0.717, 1.165) is 22.3 Å². The molecule has 4 rings (SSSR count). The van der Waals surface area contributed by atoms with Gasteiger partial charge in [0.05, 0.1) is 18.3 Å². The van der Waals surface area contributed by atoms with Crippen LogP contribution in [0.1, 0.15) is 5.56 Å². The van der Waals surface area contributed by atoms with Gasteiger partial charge in [0, 0.05) is 19.4 Å². The van der Waals surface area contributed by atoms with Crippen molar-refractivity contribution in [3.63, 3.8) is 0 Å². The first-order chi connectivity index (χ1) is 12.2. The number of carbonyl (C=O) groups excluding carboxylic acids is 1. The fourth-order valence-corrected chi connectivity index (χ4v) is 2.69. The van der Waals surface area contributed by atoms with E-state index in [4.69, 9.17) is 0 Å². The second-order valence-corrected chi connectivity index (χ2v) is 5.80. The highest BCUT2D eigenvalue weighted by atomic mass is 16.1. The maximum absolute atomic E-state index is 12.1. The van der Waals surface area contributed by atoms with Crippen LogP contribution < -0.4 is 5.32 Å². The molecule has 7 nitrogen and oxygen atoms in total. The average molecular weight is 332 g/mol. The molecule has 0 fully saturated rings. The quantitative estimate of drug-likeness (QED) is 0.622. The summed E-state index contributed by atoms with van der Waals surface area (Å²) in [6.45, 7) is 0. The van der Waals surface area contributed by atoms with Crippen molar-refractivity contribution >= 4 is 17.2 Å². The highest BCUT2D eigenvalue weighted by Crippen LogP contribution is 2.21. The first-order valence-electron chi connectivity index (χ1n) is 7.84. The SMILES string of the molecule is Cn1cc(NC(=O)Cc2ccc(-c3ccn4ncnc4c3)cc2)cn1. The minimum Gasteiger partial charge on any atom is -0.323 e. The molecule has 0 radical (unpaired) electrons. The normalized spacial score (nSPS) is 10.9. The van der Waals surface area contributed by atoms with Gasteiger partial charge in [-0.25, -0.2) is 9.50 Å². The van der Waals surface area contributed by atoms with E-state index in [1.165, 1.54) is 6.33 Å². The minimum atomic E-state index is -0.0642. The lowest BCUT2D eigenvalue weighted by Crippen LogP contribution is -2.13. The number of carbonyl (C=O) groups is 1. The first-order valence-corrected chi connectivity index (χ1v) is 7.84. The molecule has 0 aliphatic heterocycles. The summed E-state index contributed by atoms with van der Waals surface area (Å²) in [6.07, 6.45) is 7.12. The molecule has 0 aliphatic rings. The molecule has 0 saturated carbocycles. The number of fused-ring (bicyclic) bond motifs is 1. The number of nitrogens with one attached hydrogen (secondary N) is 1. The number of hydrogen-bond acceptors (Lipinski definition) is 4. The van der Waals surface area contributed by atoms with Crippen LogP contribution in [0.25, 0.3) is 16.8 Å². The summed E-state index contributed by atoms with van der Waals surface area (Å²) in [5.41, 5.74) is 4.59. The molecule has 0 spiro atoms. The number of aryl methyl sites for hydroxylation is 1. The van der Waals surface area contributed by atoms with E-state index in [0.29, 0.717) is 12.1 Å². The second kappa shape index (κ2) is 6.20. The van der Waals surface area contributed by atoms with Crippen LogP contribution in [0.3, 0.4) is 0 Å².